The molecule has 2 unspecified atom stereocenters. The van der Waals surface area contributed by atoms with Crippen LogP contribution in [0.2, 0.25) is 0 Å². The first kappa shape index (κ1) is 24.0. The van der Waals surface area contributed by atoms with Crippen LogP contribution in [0.4, 0.5) is 17.3 Å². The zero-order chi connectivity index (χ0) is 25.9. The predicted molar refractivity (Wildman–Crippen MR) is 139 cm³/mol. The minimum Gasteiger partial charge on any atom is -0.383 e. The topological polar surface area (TPSA) is 163 Å². The van der Waals surface area contributed by atoms with Crippen LogP contribution in [0.15, 0.2) is 61.8 Å². The molecule has 3 heterocycles. The van der Waals surface area contributed by atoms with Gasteiger partial charge in [-0.15, -0.1) is 0 Å². The van der Waals surface area contributed by atoms with Gasteiger partial charge in [0.2, 0.25) is 5.91 Å². The number of carbonyl (C=O) groups is 2. The lowest BCUT2D eigenvalue weighted by Crippen LogP contribution is -2.30. The summed E-state index contributed by atoms with van der Waals surface area (Å²) in [5.74, 6) is 1.19. The van der Waals surface area contributed by atoms with Crippen LogP contribution in [0, 0.1) is 17.2 Å². The number of likely N-dealkylation sites (tertiary alicyclic amines) is 1. The predicted octanol–water partition coefficient (Wildman–Crippen LogP) is 2.35. The molecule has 1 aliphatic heterocycles. The Morgan fingerprint density at radius 2 is 1.81 bits per heavy atom. The van der Waals surface area contributed by atoms with Crippen LogP contribution in [0.5, 0.6) is 0 Å². The van der Waals surface area contributed by atoms with E-state index in [9.17, 15) is 9.59 Å². The number of amides is 2. The van der Waals surface area contributed by atoms with Gasteiger partial charge < -0.3 is 21.3 Å². The van der Waals surface area contributed by atoms with Crippen molar-refractivity contribution in [3.05, 3.63) is 78.7 Å². The number of fused-ring (bicyclic) bond motifs is 1. The summed E-state index contributed by atoms with van der Waals surface area (Å²) in [5.41, 5.74) is 8.17. The largest absolute Gasteiger partial charge is 0.383 e. The van der Waals surface area contributed by atoms with Crippen LogP contribution in [-0.2, 0) is 4.79 Å². The maximum atomic E-state index is 12.3. The van der Waals surface area contributed by atoms with Crippen molar-refractivity contribution in [1.29, 1.82) is 5.41 Å². The van der Waals surface area contributed by atoms with Crippen molar-refractivity contribution in [3.8, 4) is 0 Å². The third kappa shape index (κ3) is 5.01. The van der Waals surface area contributed by atoms with Crippen molar-refractivity contribution in [1.82, 2.24) is 24.8 Å². The zero-order valence-electron chi connectivity index (χ0n) is 20.1. The van der Waals surface area contributed by atoms with E-state index in [1.165, 1.54) is 31.0 Å². The van der Waals surface area contributed by atoms with Gasteiger partial charge in [0.15, 0.2) is 0 Å². The maximum Gasteiger partial charge on any atom is 0.275 e. The summed E-state index contributed by atoms with van der Waals surface area (Å²) in [6.07, 6.45) is 8.91. The summed E-state index contributed by atoms with van der Waals surface area (Å²) in [4.78, 5) is 42.6. The molecule has 0 radical (unpaired) electrons. The fourth-order valence-corrected chi connectivity index (χ4v) is 5.15. The lowest BCUT2D eigenvalue weighted by Gasteiger charge is -2.20. The molecule has 11 heteroatoms. The highest BCUT2D eigenvalue weighted by Crippen LogP contribution is 2.39. The van der Waals surface area contributed by atoms with Gasteiger partial charge in [0.1, 0.15) is 23.7 Å². The number of carbonyl (C=O) groups excluding carboxylic acids is 2. The molecule has 2 atom stereocenters. The maximum absolute atomic E-state index is 12.3. The SMILES string of the molecule is C=CC(=O)N1CC2CC(Nc3ncnc(N)c3C(=N)c3ccc(NC(=O)c4cnccn4)cc3)CC2C1. The number of nitrogens with zero attached hydrogens (tertiary/aromatic N) is 5. The zero-order valence-corrected chi connectivity index (χ0v) is 20.1. The number of nitrogen functional groups attached to an aromatic ring is 1. The Labute approximate surface area is 213 Å². The molecule has 5 rings (SSSR count). The monoisotopic (exact) mass is 497 g/mol. The van der Waals surface area contributed by atoms with Crippen LogP contribution >= 0.6 is 0 Å². The highest BCUT2D eigenvalue weighted by atomic mass is 16.2. The van der Waals surface area contributed by atoms with Gasteiger partial charge in [0, 0.05) is 42.8 Å². The van der Waals surface area contributed by atoms with E-state index in [1.54, 1.807) is 24.3 Å². The molecule has 37 heavy (non-hydrogen) atoms. The Morgan fingerprint density at radius 1 is 1.08 bits per heavy atom. The van der Waals surface area contributed by atoms with Gasteiger partial charge in [-0.3, -0.25) is 20.0 Å². The van der Waals surface area contributed by atoms with Crippen molar-refractivity contribution in [3.63, 3.8) is 0 Å². The minimum absolute atomic E-state index is 0.0162. The Kier molecular flexibility index (Phi) is 6.59. The van der Waals surface area contributed by atoms with E-state index in [0.717, 1.165) is 25.9 Å². The molecule has 1 saturated carbocycles. The first-order valence-corrected chi connectivity index (χ1v) is 12.0. The highest BCUT2D eigenvalue weighted by molar-refractivity contribution is 6.16. The van der Waals surface area contributed by atoms with Gasteiger partial charge in [-0.05, 0) is 42.9 Å². The number of nitrogens with two attached hydrogens (primary N) is 1. The van der Waals surface area contributed by atoms with E-state index in [2.05, 4.69) is 37.1 Å². The standard InChI is InChI=1S/C26H27N9O2/c1-2-21(36)35-12-16-9-19(10-17(16)13-35)33-25-22(24(28)31-14-32-25)23(27)15-3-5-18(6-4-15)34-26(37)20-11-29-7-8-30-20/h2-8,11,14,16-17,19,27H,1,9-10,12-13H2,(H,34,37)(H3,28,31,32,33). The lowest BCUT2D eigenvalue weighted by atomic mass is 10.0. The average Bonchev–Trinajstić information content (AvgIpc) is 3.48. The van der Waals surface area contributed by atoms with Crippen LogP contribution in [0.1, 0.15) is 34.5 Å². The number of hydrogen-bond donors (Lipinski definition) is 4. The summed E-state index contributed by atoms with van der Waals surface area (Å²) in [7, 11) is 0. The normalized spacial score (nSPS) is 20.2. The molecule has 1 aliphatic carbocycles. The van der Waals surface area contributed by atoms with Gasteiger partial charge in [-0.25, -0.2) is 15.0 Å². The van der Waals surface area contributed by atoms with E-state index >= 15 is 0 Å². The van der Waals surface area contributed by atoms with Crippen LogP contribution in [0.25, 0.3) is 0 Å². The number of hydrogen-bond acceptors (Lipinski definition) is 9. The molecule has 5 N–H and O–H groups in total. The van der Waals surface area contributed by atoms with Crippen LogP contribution in [0.3, 0.4) is 0 Å². The van der Waals surface area contributed by atoms with Crippen molar-refractivity contribution >= 4 is 34.8 Å². The number of nitrogens with one attached hydrogen (secondary N) is 3. The lowest BCUT2D eigenvalue weighted by molar-refractivity contribution is -0.125. The summed E-state index contributed by atoms with van der Waals surface area (Å²) >= 11 is 0. The Morgan fingerprint density at radius 3 is 2.46 bits per heavy atom. The first-order valence-electron chi connectivity index (χ1n) is 12.0. The third-order valence-corrected chi connectivity index (χ3v) is 6.93. The second kappa shape index (κ2) is 10.1. The van der Waals surface area contributed by atoms with E-state index in [4.69, 9.17) is 11.1 Å². The highest BCUT2D eigenvalue weighted by Gasteiger charge is 2.42. The molecular formula is C26H27N9O2. The second-order valence-electron chi connectivity index (χ2n) is 9.26. The fourth-order valence-electron chi connectivity index (χ4n) is 5.15. The Hall–Kier alpha value is -4.67. The molecule has 1 saturated heterocycles. The van der Waals surface area contributed by atoms with E-state index in [0.29, 0.717) is 34.5 Å². The molecule has 2 aromatic heterocycles. The number of anilines is 3. The first-order chi connectivity index (χ1) is 17.9. The smallest absolute Gasteiger partial charge is 0.275 e. The molecule has 3 aromatic rings. The number of aromatic nitrogens is 4. The molecule has 188 valence electrons. The molecule has 0 bridgehead atoms. The van der Waals surface area contributed by atoms with Gasteiger partial charge in [0.25, 0.3) is 5.91 Å². The minimum atomic E-state index is -0.374. The summed E-state index contributed by atoms with van der Waals surface area (Å²) in [5, 5.41) is 15.1. The molecule has 0 spiro atoms. The van der Waals surface area contributed by atoms with Crippen molar-refractivity contribution in [2.45, 2.75) is 18.9 Å². The van der Waals surface area contributed by atoms with Crippen molar-refractivity contribution in [2.24, 2.45) is 11.8 Å². The van der Waals surface area contributed by atoms with Crippen molar-refractivity contribution in [2.75, 3.05) is 29.5 Å². The summed E-state index contributed by atoms with van der Waals surface area (Å²) in [6, 6.07) is 7.04. The average molecular weight is 498 g/mol. The number of benzene rings is 1. The van der Waals surface area contributed by atoms with Crippen LogP contribution < -0.4 is 16.4 Å². The van der Waals surface area contributed by atoms with Crippen LogP contribution in [-0.4, -0.2) is 61.5 Å². The van der Waals surface area contributed by atoms with E-state index in [-0.39, 0.29) is 35.1 Å². The molecule has 11 nitrogen and oxygen atoms in total. The third-order valence-electron chi connectivity index (χ3n) is 6.93. The van der Waals surface area contributed by atoms with E-state index in [1.807, 2.05) is 4.90 Å². The molecule has 2 amide bonds. The summed E-state index contributed by atoms with van der Waals surface area (Å²) < 4.78 is 0. The molecule has 2 fully saturated rings. The van der Waals surface area contributed by atoms with Gasteiger partial charge >= 0.3 is 0 Å². The Bertz CT molecular complexity index is 1330. The molecule has 1 aromatic carbocycles. The fraction of sp³-hybridized carbons (Fsp3) is 0.269. The molecule has 2 aliphatic rings. The second-order valence-corrected chi connectivity index (χ2v) is 9.26. The summed E-state index contributed by atoms with van der Waals surface area (Å²) in [6.45, 7) is 5.06. The van der Waals surface area contributed by atoms with Gasteiger partial charge in [0.05, 0.1) is 17.5 Å². The quantitative estimate of drug-likeness (QED) is 0.285. The van der Waals surface area contributed by atoms with Gasteiger partial charge in [-0.2, -0.15) is 0 Å². The van der Waals surface area contributed by atoms with Gasteiger partial charge in [-0.1, -0.05) is 18.7 Å². The number of rotatable bonds is 7. The molecular weight excluding hydrogens is 470 g/mol. The Balaban J connectivity index is 1.27. The van der Waals surface area contributed by atoms with Crippen molar-refractivity contribution < 1.29 is 9.59 Å². The van der Waals surface area contributed by atoms with E-state index < -0.39 is 0 Å².